The molecule has 0 aliphatic heterocycles. The third-order valence-electron chi connectivity index (χ3n) is 2.27. The Bertz CT molecular complexity index is 583. The second-order valence-electron chi connectivity index (χ2n) is 3.54. The molecule has 0 saturated carbocycles. The minimum absolute atomic E-state index is 0.324. The fourth-order valence-corrected chi connectivity index (χ4v) is 2.16. The Morgan fingerprint density at radius 3 is 2.83 bits per heavy atom. The lowest BCUT2D eigenvalue weighted by Gasteiger charge is -2.07. The molecule has 3 N–H and O–H groups in total. The molecule has 0 fully saturated rings. The SMILES string of the molecule is COc1cc(F)cc(NC(=O)c2sccc2N)c1. The molecule has 1 heterocycles. The molecule has 1 aromatic heterocycles. The first-order chi connectivity index (χ1) is 8.60. The normalized spacial score (nSPS) is 10.1. The first kappa shape index (κ1) is 12.4. The number of thiophene rings is 1. The van der Waals surface area contributed by atoms with Gasteiger partial charge in [0.25, 0.3) is 5.91 Å². The van der Waals surface area contributed by atoms with Crippen molar-refractivity contribution in [2.75, 3.05) is 18.2 Å². The summed E-state index contributed by atoms with van der Waals surface area (Å²) in [4.78, 5) is 12.3. The number of hydrogen-bond acceptors (Lipinski definition) is 4. The third-order valence-corrected chi connectivity index (χ3v) is 3.20. The van der Waals surface area contributed by atoms with Crippen molar-refractivity contribution in [2.24, 2.45) is 0 Å². The zero-order chi connectivity index (χ0) is 13.1. The van der Waals surface area contributed by atoms with Crippen LogP contribution in [0.2, 0.25) is 0 Å². The number of benzene rings is 1. The molecule has 1 aromatic carbocycles. The van der Waals surface area contributed by atoms with Gasteiger partial charge in [0.05, 0.1) is 12.8 Å². The number of nitrogen functional groups attached to an aromatic ring is 1. The minimum atomic E-state index is -0.483. The molecule has 0 aliphatic rings. The summed E-state index contributed by atoms with van der Waals surface area (Å²) < 4.78 is 18.2. The Morgan fingerprint density at radius 1 is 1.44 bits per heavy atom. The van der Waals surface area contributed by atoms with Gasteiger partial charge in [-0.15, -0.1) is 11.3 Å². The number of ether oxygens (including phenoxy) is 1. The van der Waals surface area contributed by atoms with E-state index >= 15 is 0 Å². The third kappa shape index (κ3) is 2.60. The molecule has 0 spiro atoms. The van der Waals surface area contributed by atoms with Crippen LogP contribution in [0.25, 0.3) is 0 Å². The van der Waals surface area contributed by atoms with Crippen molar-refractivity contribution in [3.8, 4) is 5.75 Å². The van der Waals surface area contributed by atoms with Crippen molar-refractivity contribution in [3.63, 3.8) is 0 Å². The minimum Gasteiger partial charge on any atom is -0.497 e. The highest BCUT2D eigenvalue weighted by atomic mass is 32.1. The summed E-state index contributed by atoms with van der Waals surface area (Å²) in [5.74, 6) is -0.511. The van der Waals surface area contributed by atoms with Gasteiger partial charge in [0, 0.05) is 17.8 Å². The summed E-state index contributed by atoms with van der Waals surface area (Å²) in [5.41, 5.74) is 6.36. The molecule has 94 valence electrons. The van der Waals surface area contributed by atoms with Crippen LogP contribution in [0.4, 0.5) is 15.8 Å². The number of hydrogen-bond donors (Lipinski definition) is 2. The van der Waals surface area contributed by atoms with E-state index in [1.807, 2.05) is 0 Å². The predicted molar refractivity (Wildman–Crippen MR) is 69.6 cm³/mol. The van der Waals surface area contributed by atoms with Gasteiger partial charge in [-0.2, -0.15) is 0 Å². The van der Waals surface area contributed by atoms with E-state index in [0.29, 0.717) is 22.0 Å². The Morgan fingerprint density at radius 2 is 2.22 bits per heavy atom. The molecule has 6 heteroatoms. The van der Waals surface area contributed by atoms with Crippen molar-refractivity contribution in [1.29, 1.82) is 0 Å². The molecule has 0 unspecified atom stereocenters. The Hall–Kier alpha value is -2.08. The standard InChI is InChI=1S/C12H11FN2O2S/c1-17-9-5-7(13)4-8(6-9)15-12(16)11-10(14)2-3-18-11/h2-6H,14H2,1H3,(H,15,16). The van der Waals surface area contributed by atoms with Gasteiger partial charge >= 0.3 is 0 Å². The maximum atomic E-state index is 13.2. The van der Waals surface area contributed by atoms with E-state index in [0.717, 1.165) is 0 Å². The van der Waals surface area contributed by atoms with Gasteiger partial charge in [-0.05, 0) is 17.5 Å². The summed E-state index contributed by atoms with van der Waals surface area (Å²) in [6.45, 7) is 0. The summed E-state index contributed by atoms with van der Waals surface area (Å²) in [7, 11) is 1.43. The highest BCUT2D eigenvalue weighted by Crippen LogP contribution is 2.23. The van der Waals surface area contributed by atoms with Gasteiger partial charge < -0.3 is 15.8 Å². The molecule has 2 rings (SSSR count). The number of nitrogens with one attached hydrogen (secondary N) is 1. The monoisotopic (exact) mass is 266 g/mol. The van der Waals surface area contributed by atoms with Gasteiger partial charge in [0.15, 0.2) is 0 Å². The van der Waals surface area contributed by atoms with Gasteiger partial charge in [0.1, 0.15) is 16.4 Å². The molecule has 4 nitrogen and oxygen atoms in total. The van der Waals surface area contributed by atoms with Gasteiger partial charge in [-0.3, -0.25) is 4.79 Å². The molecule has 0 aliphatic carbocycles. The first-order valence-corrected chi connectivity index (χ1v) is 5.97. The lowest BCUT2D eigenvalue weighted by atomic mass is 10.2. The molecule has 0 radical (unpaired) electrons. The maximum absolute atomic E-state index is 13.2. The number of nitrogens with two attached hydrogens (primary N) is 1. The average molecular weight is 266 g/mol. The van der Waals surface area contributed by atoms with Crippen molar-refractivity contribution < 1.29 is 13.9 Å². The van der Waals surface area contributed by atoms with Crippen LogP contribution >= 0.6 is 11.3 Å². The molecule has 0 bridgehead atoms. The molecular formula is C12H11FN2O2S. The van der Waals surface area contributed by atoms with Crippen LogP contribution in [0.15, 0.2) is 29.6 Å². The zero-order valence-electron chi connectivity index (χ0n) is 9.57. The van der Waals surface area contributed by atoms with Gasteiger partial charge in [-0.1, -0.05) is 0 Å². The van der Waals surface area contributed by atoms with E-state index in [2.05, 4.69) is 5.32 Å². The molecule has 0 saturated heterocycles. The Labute approximate surface area is 107 Å². The lowest BCUT2D eigenvalue weighted by Crippen LogP contribution is -2.12. The number of amides is 1. The highest BCUT2D eigenvalue weighted by molar-refractivity contribution is 7.12. The zero-order valence-corrected chi connectivity index (χ0v) is 10.4. The fraction of sp³-hybridized carbons (Fsp3) is 0.0833. The van der Waals surface area contributed by atoms with Crippen LogP contribution in [0.1, 0.15) is 9.67 Å². The lowest BCUT2D eigenvalue weighted by molar-refractivity contribution is 0.103. The van der Waals surface area contributed by atoms with E-state index < -0.39 is 5.82 Å². The van der Waals surface area contributed by atoms with Crippen molar-refractivity contribution >= 4 is 28.6 Å². The van der Waals surface area contributed by atoms with E-state index in [1.54, 1.807) is 11.4 Å². The first-order valence-electron chi connectivity index (χ1n) is 5.09. The van der Waals surface area contributed by atoms with Crippen molar-refractivity contribution in [3.05, 3.63) is 40.3 Å². The van der Waals surface area contributed by atoms with Gasteiger partial charge in [0.2, 0.25) is 0 Å². The number of carbonyl (C=O) groups excluding carboxylic acids is 1. The second kappa shape index (κ2) is 5.05. The number of carbonyl (C=O) groups is 1. The highest BCUT2D eigenvalue weighted by Gasteiger charge is 2.12. The van der Waals surface area contributed by atoms with Crippen LogP contribution in [0.5, 0.6) is 5.75 Å². The molecule has 2 aromatic rings. The number of halogens is 1. The Kier molecular flexibility index (Phi) is 3.47. The quantitative estimate of drug-likeness (QED) is 0.897. The number of anilines is 2. The van der Waals surface area contributed by atoms with Crippen molar-refractivity contribution in [1.82, 2.24) is 0 Å². The van der Waals surface area contributed by atoms with Gasteiger partial charge in [-0.25, -0.2) is 4.39 Å². The summed E-state index contributed by atoms with van der Waals surface area (Å²) in [5, 5.41) is 4.29. The maximum Gasteiger partial charge on any atom is 0.267 e. The van der Waals surface area contributed by atoms with Crippen LogP contribution in [0, 0.1) is 5.82 Å². The molecule has 1 amide bonds. The fourth-order valence-electron chi connectivity index (χ4n) is 1.44. The van der Waals surface area contributed by atoms with E-state index in [-0.39, 0.29) is 5.91 Å². The molecular weight excluding hydrogens is 255 g/mol. The largest absolute Gasteiger partial charge is 0.497 e. The summed E-state index contributed by atoms with van der Waals surface area (Å²) in [6.07, 6.45) is 0. The molecule has 0 atom stereocenters. The number of rotatable bonds is 3. The van der Waals surface area contributed by atoms with E-state index in [9.17, 15) is 9.18 Å². The van der Waals surface area contributed by atoms with Crippen LogP contribution in [-0.2, 0) is 0 Å². The summed E-state index contributed by atoms with van der Waals surface area (Å²) in [6, 6.07) is 5.62. The predicted octanol–water partition coefficient (Wildman–Crippen LogP) is 2.73. The topological polar surface area (TPSA) is 64.3 Å². The second-order valence-corrected chi connectivity index (χ2v) is 4.46. The van der Waals surface area contributed by atoms with E-state index in [4.69, 9.17) is 10.5 Å². The summed E-state index contributed by atoms with van der Waals surface area (Å²) >= 11 is 1.23. The average Bonchev–Trinajstić information content (AvgIpc) is 2.74. The molecule has 18 heavy (non-hydrogen) atoms. The van der Waals surface area contributed by atoms with E-state index in [1.165, 1.54) is 36.6 Å². The van der Waals surface area contributed by atoms with Crippen LogP contribution in [0.3, 0.4) is 0 Å². The van der Waals surface area contributed by atoms with Crippen molar-refractivity contribution in [2.45, 2.75) is 0 Å². The van der Waals surface area contributed by atoms with Crippen LogP contribution < -0.4 is 15.8 Å². The Balaban J connectivity index is 2.22. The smallest absolute Gasteiger partial charge is 0.267 e. The van der Waals surface area contributed by atoms with Crippen LogP contribution in [-0.4, -0.2) is 13.0 Å². The number of methoxy groups -OCH3 is 1.